The van der Waals surface area contributed by atoms with E-state index in [0.717, 1.165) is 20.7 Å². The number of nitrogens with zero attached hydrogens (tertiary/aromatic N) is 1. The first-order valence-corrected chi connectivity index (χ1v) is 9.29. The molecule has 5 nitrogen and oxygen atoms in total. The highest BCUT2D eigenvalue weighted by Gasteiger charge is 2.28. The Balaban J connectivity index is 3.02. The maximum atomic E-state index is 12.5. The van der Waals surface area contributed by atoms with Crippen LogP contribution in [0.1, 0.15) is 25.8 Å². The van der Waals surface area contributed by atoms with Gasteiger partial charge in [0.15, 0.2) is 0 Å². The van der Waals surface area contributed by atoms with Crippen LogP contribution in [-0.2, 0) is 19.6 Å². The van der Waals surface area contributed by atoms with Gasteiger partial charge in [0.25, 0.3) is 10.0 Å². The van der Waals surface area contributed by atoms with Crippen molar-refractivity contribution in [2.45, 2.75) is 31.4 Å². The molecule has 0 aromatic carbocycles. The number of carbonyl (C=O) groups excluding carboxylic acids is 1. The molecule has 1 heterocycles. The van der Waals surface area contributed by atoms with Gasteiger partial charge in [-0.2, -0.15) is 4.31 Å². The van der Waals surface area contributed by atoms with Crippen molar-refractivity contribution >= 4 is 43.3 Å². The minimum Gasteiger partial charge on any atom is -0.465 e. The van der Waals surface area contributed by atoms with Crippen molar-refractivity contribution in [2.75, 3.05) is 19.7 Å². The van der Waals surface area contributed by atoms with Crippen LogP contribution in [0.3, 0.4) is 0 Å². The molecule has 0 aliphatic heterocycles. The molecule has 1 rings (SSSR count). The highest BCUT2D eigenvalue weighted by Crippen LogP contribution is 2.32. The summed E-state index contributed by atoms with van der Waals surface area (Å²) in [6.45, 7) is 5.66. The fourth-order valence-electron chi connectivity index (χ4n) is 1.57. The molecule has 8 heteroatoms. The Labute approximate surface area is 132 Å². The van der Waals surface area contributed by atoms with Gasteiger partial charge in [-0.25, -0.2) is 8.42 Å². The van der Waals surface area contributed by atoms with Crippen LogP contribution in [-0.4, -0.2) is 38.4 Å². The largest absolute Gasteiger partial charge is 0.465 e. The zero-order chi connectivity index (χ0) is 15.3. The molecule has 1 aromatic heterocycles. The molecular weight excluding hydrogens is 366 g/mol. The molecule has 0 fully saturated rings. The van der Waals surface area contributed by atoms with Gasteiger partial charge in [-0.15, -0.1) is 11.3 Å². The van der Waals surface area contributed by atoms with Crippen molar-refractivity contribution < 1.29 is 17.9 Å². The van der Waals surface area contributed by atoms with Crippen LogP contribution in [0.4, 0.5) is 0 Å². The topological polar surface area (TPSA) is 63.7 Å². The van der Waals surface area contributed by atoms with Crippen LogP contribution in [0.2, 0.25) is 0 Å². The molecule has 0 spiro atoms. The zero-order valence-electron chi connectivity index (χ0n) is 11.7. The number of ether oxygens (including phenoxy) is 1. The summed E-state index contributed by atoms with van der Waals surface area (Å²) in [7, 11) is -3.66. The second kappa shape index (κ2) is 7.53. The second-order valence-electron chi connectivity index (χ2n) is 4.17. The number of esters is 1. The van der Waals surface area contributed by atoms with Crippen LogP contribution in [0.25, 0.3) is 0 Å². The van der Waals surface area contributed by atoms with E-state index in [-0.39, 0.29) is 23.9 Å². The second-order valence-corrected chi connectivity index (χ2v) is 8.70. The average molecular weight is 384 g/mol. The van der Waals surface area contributed by atoms with Gasteiger partial charge in [0.1, 0.15) is 10.8 Å². The number of aryl methyl sites for hydroxylation is 1. The van der Waals surface area contributed by atoms with Gasteiger partial charge in [0.2, 0.25) is 0 Å². The molecule has 0 N–H and O–H groups in total. The normalized spacial score (nSPS) is 11.8. The molecule has 0 saturated heterocycles. The van der Waals surface area contributed by atoms with E-state index in [0.29, 0.717) is 6.42 Å². The predicted molar refractivity (Wildman–Crippen MR) is 82.4 cm³/mol. The van der Waals surface area contributed by atoms with Gasteiger partial charge in [0, 0.05) is 6.54 Å². The Bertz CT molecular complexity index is 549. The smallest absolute Gasteiger partial charge is 0.321 e. The maximum Gasteiger partial charge on any atom is 0.321 e. The van der Waals surface area contributed by atoms with E-state index < -0.39 is 16.0 Å². The summed E-state index contributed by atoms with van der Waals surface area (Å²) in [4.78, 5) is 11.5. The Morgan fingerprint density at radius 2 is 2.10 bits per heavy atom. The van der Waals surface area contributed by atoms with Gasteiger partial charge in [-0.1, -0.05) is 6.92 Å². The lowest BCUT2D eigenvalue weighted by atomic mass is 10.4. The Morgan fingerprint density at radius 3 is 2.55 bits per heavy atom. The van der Waals surface area contributed by atoms with Crippen molar-refractivity contribution in [1.82, 2.24) is 4.31 Å². The molecule has 0 saturated carbocycles. The Kier molecular flexibility index (Phi) is 6.63. The van der Waals surface area contributed by atoms with E-state index in [4.69, 9.17) is 4.74 Å². The number of rotatable bonds is 7. The first-order chi connectivity index (χ1) is 9.32. The molecule has 1 aromatic rings. The lowest BCUT2D eigenvalue weighted by molar-refractivity contribution is -0.143. The monoisotopic (exact) mass is 383 g/mol. The van der Waals surface area contributed by atoms with E-state index in [1.807, 2.05) is 13.8 Å². The standard InChI is InChI=1S/C12H18BrNO4S2/c1-4-6-14(8-10(15)18-5-2)20(16,17)11-7-9(3)12(13)19-11/h7H,4-6,8H2,1-3H3. The summed E-state index contributed by atoms with van der Waals surface area (Å²) in [5.41, 5.74) is 0.862. The first-order valence-electron chi connectivity index (χ1n) is 6.24. The van der Waals surface area contributed by atoms with Crippen molar-refractivity contribution in [3.05, 3.63) is 15.4 Å². The molecule has 0 aliphatic rings. The Morgan fingerprint density at radius 1 is 1.45 bits per heavy atom. The summed E-state index contributed by atoms with van der Waals surface area (Å²) in [5, 5.41) is 0. The molecule has 0 unspecified atom stereocenters. The summed E-state index contributed by atoms with van der Waals surface area (Å²) < 4.78 is 32.1. The number of thiophene rings is 1. The average Bonchev–Trinajstić information content (AvgIpc) is 2.70. The van der Waals surface area contributed by atoms with E-state index in [1.165, 1.54) is 4.31 Å². The Hall–Kier alpha value is -0.440. The number of hydrogen-bond donors (Lipinski definition) is 0. The van der Waals surface area contributed by atoms with Crippen LogP contribution >= 0.6 is 27.3 Å². The van der Waals surface area contributed by atoms with Crippen molar-refractivity contribution in [2.24, 2.45) is 0 Å². The van der Waals surface area contributed by atoms with Crippen molar-refractivity contribution in [3.63, 3.8) is 0 Å². The van der Waals surface area contributed by atoms with Crippen LogP contribution < -0.4 is 0 Å². The molecule has 0 amide bonds. The first kappa shape index (κ1) is 17.6. The lowest BCUT2D eigenvalue weighted by Gasteiger charge is -2.19. The van der Waals surface area contributed by atoms with Gasteiger partial charge in [0.05, 0.1) is 10.4 Å². The van der Waals surface area contributed by atoms with E-state index in [9.17, 15) is 13.2 Å². The SMILES string of the molecule is CCCN(CC(=O)OCC)S(=O)(=O)c1cc(C)c(Br)s1. The summed E-state index contributed by atoms with van der Waals surface area (Å²) in [6.07, 6.45) is 0.629. The van der Waals surface area contributed by atoms with Gasteiger partial charge in [-0.05, 0) is 47.8 Å². The number of carbonyl (C=O) groups is 1. The summed E-state index contributed by atoms with van der Waals surface area (Å²) in [5.74, 6) is -0.531. The fraction of sp³-hybridized carbons (Fsp3) is 0.583. The molecule has 20 heavy (non-hydrogen) atoms. The van der Waals surface area contributed by atoms with Crippen LogP contribution in [0.5, 0.6) is 0 Å². The van der Waals surface area contributed by atoms with Gasteiger partial charge < -0.3 is 4.74 Å². The van der Waals surface area contributed by atoms with Gasteiger partial charge >= 0.3 is 5.97 Å². The highest BCUT2D eigenvalue weighted by atomic mass is 79.9. The quantitative estimate of drug-likeness (QED) is 0.679. The van der Waals surface area contributed by atoms with Crippen molar-refractivity contribution in [3.8, 4) is 0 Å². The lowest BCUT2D eigenvalue weighted by Crippen LogP contribution is -2.36. The molecule has 0 bridgehead atoms. The minimum absolute atomic E-state index is 0.236. The zero-order valence-corrected chi connectivity index (χ0v) is 14.9. The van der Waals surface area contributed by atoms with E-state index >= 15 is 0 Å². The highest BCUT2D eigenvalue weighted by molar-refractivity contribution is 9.11. The molecule has 0 radical (unpaired) electrons. The van der Waals surface area contributed by atoms with Crippen LogP contribution in [0, 0.1) is 6.92 Å². The number of sulfonamides is 1. The number of halogens is 1. The van der Waals surface area contributed by atoms with E-state index in [1.54, 1.807) is 13.0 Å². The van der Waals surface area contributed by atoms with Gasteiger partial charge in [-0.3, -0.25) is 4.79 Å². The fourth-order valence-corrected chi connectivity index (χ4v) is 5.43. The molecule has 0 aliphatic carbocycles. The van der Waals surface area contributed by atoms with Crippen molar-refractivity contribution in [1.29, 1.82) is 0 Å². The number of hydrogen-bond acceptors (Lipinski definition) is 5. The predicted octanol–water partition coefficient (Wildman–Crippen LogP) is 2.78. The van der Waals surface area contributed by atoms with Crippen LogP contribution in [0.15, 0.2) is 14.1 Å². The summed E-state index contributed by atoms with van der Waals surface area (Å²) >= 11 is 4.47. The molecule has 114 valence electrons. The van der Waals surface area contributed by atoms with E-state index in [2.05, 4.69) is 15.9 Å². The summed E-state index contributed by atoms with van der Waals surface area (Å²) in [6, 6.07) is 1.61. The third-order valence-corrected chi connectivity index (χ3v) is 6.94. The third kappa shape index (κ3) is 4.28. The molecular formula is C12H18BrNO4S2. The third-order valence-electron chi connectivity index (χ3n) is 2.51. The molecule has 0 atom stereocenters. The minimum atomic E-state index is -3.66. The maximum absolute atomic E-state index is 12.5.